The van der Waals surface area contributed by atoms with Gasteiger partial charge in [-0.25, -0.2) is 4.98 Å². The van der Waals surface area contributed by atoms with E-state index in [2.05, 4.69) is 22.1 Å². The Morgan fingerprint density at radius 2 is 1.81 bits per heavy atom. The third-order valence-electron chi connectivity index (χ3n) is 5.75. The van der Waals surface area contributed by atoms with Crippen LogP contribution >= 0.6 is 0 Å². The number of carbonyl (C=O) groups is 1. The van der Waals surface area contributed by atoms with E-state index < -0.39 is 0 Å². The molecule has 3 saturated heterocycles. The van der Waals surface area contributed by atoms with Gasteiger partial charge in [-0.05, 0) is 69.1 Å². The van der Waals surface area contributed by atoms with Crippen LogP contribution in [0.4, 0.5) is 0 Å². The van der Waals surface area contributed by atoms with Gasteiger partial charge >= 0.3 is 0 Å². The molecule has 1 N–H and O–H groups in total. The van der Waals surface area contributed by atoms with E-state index in [4.69, 9.17) is 9.47 Å². The van der Waals surface area contributed by atoms with E-state index in [0.717, 1.165) is 13.1 Å². The summed E-state index contributed by atoms with van der Waals surface area (Å²) in [5.74, 6) is 2.40. The van der Waals surface area contributed by atoms with Gasteiger partial charge in [0.25, 0.3) is 5.91 Å². The molecule has 142 valence electrons. The lowest BCUT2D eigenvalue weighted by atomic mass is 9.79. The lowest BCUT2D eigenvalue weighted by molar-refractivity contribution is 0.0217. The lowest BCUT2D eigenvalue weighted by Crippen LogP contribution is -2.62. The molecule has 3 aliphatic heterocycles. The number of rotatable bonds is 5. The van der Waals surface area contributed by atoms with Gasteiger partial charge in [0, 0.05) is 23.7 Å². The summed E-state index contributed by atoms with van der Waals surface area (Å²) < 4.78 is 10.8. The zero-order chi connectivity index (χ0) is 18.8. The van der Waals surface area contributed by atoms with Crippen LogP contribution in [0.3, 0.4) is 0 Å². The minimum Gasteiger partial charge on any atom is -0.481 e. The van der Waals surface area contributed by atoms with E-state index >= 15 is 0 Å². The molecular weight excluding hydrogens is 342 g/mol. The largest absolute Gasteiger partial charge is 0.481 e. The first kappa shape index (κ1) is 17.8. The maximum Gasteiger partial charge on any atom is 0.251 e. The summed E-state index contributed by atoms with van der Waals surface area (Å²) in [4.78, 5) is 19.3. The molecule has 5 rings (SSSR count). The monoisotopic (exact) mass is 367 g/mol. The predicted molar refractivity (Wildman–Crippen MR) is 102 cm³/mol. The number of piperidine rings is 3. The van der Waals surface area contributed by atoms with E-state index in [1.807, 2.05) is 0 Å². The fourth-order valence-electron chi connectivity index (χ4n) is 4.14. The normalized spacial score (nSPS) is 26.4. The number of methoxy groups -OCH3 is 1. The van der Waals surface area contributed by atoms with Gasteiger partial charge in [-0.3, -0.25) is 9.69 Å². The summed E-state index contributed by atoms with van der Waals surface area (Å²) in [6.45, 7) is 4.53. The van der Waals surface area contributed by atoms with Crippen LogP contribution in [0.25, 0.3) is 0 Å². The van der Waals surface area contributed by atoms with Crippen LogP contribution < -0.4 is 14.8 Å². The van der Waals surface area contributed by atoms with Gasteiger partial charge in [-0.15, -0.1) is 0 Å². The van der Waals surface area contributed by atoms with Crippen molar-refractivity contribution in [2.75, 3.05) is 20.2 Å². The second-order valence-corrected chi connectivity index (χ2v) is 7.28. The molecule has 6 heteroatoms. The van der Waals surface area contributed by atoms with E-state index in [1.54, 1.807) is 49.7 Å². The zero-order valence-corrected chi connectivity index (χ0v) is 15.7. The van der Waals surface area contributed by atoms with Crippen LogP contribution in [0.2, 0.25) is 0 Å². The average Bonchev–Trinajstić information content (AvgIpc) is 2.72. The molecule has 1 aromatic heterocycles. The Balaban J connectivity index is 1.38. The number of aromatic nitrogens is 1. The van der Waals surface area contributed by atoms with Crippen molar-refractivity contribution in [3.05, 3.63) is 48.2 Å². The number of amides is 1. The number of nitrogens with zero attached hydrogens (tertiary/aromatic N) is 2. The summed E-state index contributed by atoms with van der Waals surface area (Å²) in [7, 11) is 1.57. The maximum atomic E-state index is 12.7. The molecule has 2 aromatic rings. The van der Waals surface area contributed by atoms with Gasteiger partial charge in [0.1, 0.15) is 11.5 Å². The topological polar surface area (TPSA) is 63.7 Å². The first-order valence-electron chi connectivity index (χ1n) is 9.47. The molecule has 2 atom stereocenters. The third kappa shape index (κ3) is 3.76. The Bertz CT molecular complexity index is 781. The van der Waals surface area contributed by atoms with Crippen molar-refractivity contribution in [2.24, 2.45) is 5.92 Å². The molecule has 6 nitrogen and oxygen atoms in total. The molecular formula is C21H25N3O3. The minimum absolute atomic E-state index is 0.0155. The minimum atomic E-state index is -0.0155. The van der Waals surface area contributed by atoms with Crippen molar-refractivity contribution in [1.82, 2.24) is 15.2 Å². The molecule has 0 aliphatic carbocycles. The Labute approximate surface area is 159 Å². The van der Waals surface area contributed by atoms with Crippen LogP contribution in [0.5, 0.6) is 17.4 Å². The van der Waals surface area contributed by atoms with Crippen molar-refractivity contribution in [1.29, 1.82) is 0 Å². The predicted octanol–water partition coefficient (Wildman–Crippen LogP) is 3.10. The van der Waals surface area contributed by atoms with E-state index in [-0.39, 0.29) is 11.9 Å². The van der Waals surface area contributed by atoms with Crippen LogP contribution in [0.15, 0.2) is 42.6 Å². The molecule has 0 spiro atoms. The molecule has 27 heavy (non-hydrogen) atoms. The zero-order valence-electron chi connectivity index (χ0n) is 15.7. The lowest BCUT2D eigenvalue weighted by Gasteiger charge is -2.49. The highest BCUT2D eigenvalue weighted by molar-refractivity contribution is 5.94. The van der Waals surface area contributed by atoms with Crippen molar-refractivity contribution in [2.45, 2.75) is 31.8 Å². The van der Waals surface area contributed by atoms with E-state index in [0.29, 0.717) is 34.9 Å². The second kappa shape index (κ2) is 7.56. The number of benzene rings is 1. The van der Waals surface area contributed by atoms with Gasteiger partial charge in [-0.1, -0.05) is 0 Å². The van der Waals surface area contributed by atoms with Gasteiger partial charge < -0.3 is 14.8 Å². The molecule has 4 heterocycles. The Morgan fingerprint density at radius 3 is 2.41 bits per heavy atom. The van der Waals surface area contributed by atoms with Crippen LogP contribution in [0.1, 0.15) is 30.1 Å². The molecule has 1 amide bonds. The van der Waals surface area contributed by atoms with Crippen molar-refractivity contribution >= 4 is 5.91 Å². The summed E-state index contributed by atoms with van der Waals surface area (Å²) in [6.07, 6.45) is 3.96. The van der Waals surface area contributed by atoms with Gasteiger partial charge in [0.05, 0.1) is 13.3 Å². The maximum absolute atomic E-state index is 12.7. The van der Waals surface area contributed by atoms with E-state index in [1.165, 1.54) is 12.8 Å². The number of hydrogen-bond donors (Lipinski definition) is 1. The molecule has 3 aliphatic rings. The Kier molecular flexibility index (Phi) is 4.99. The highest BCUT2D eigenvalue weighted by atomic mass is 16.5. The van der Waals surface area contributed by atoms with Crippen LogP contribution in [0, 0.1) is 5.92 Å². The number of hydrogen-bond acceptors (Lipinski definition) is 5. The molecule has 0 radical (unpaired) electrons. The smallest absolute Gasteiger partial charge is 0.251 e. The highest BCUT2D eigenvalue weighted by Crippen LogP contribution is 2.32. The molecule has 0 saturated carbocycles. The van der Waals surface area contributed by atoms with Gasteiger partial charge in [0.2, 0.25) is 5.88 Å². The summed E-state index contributed by atoms with van der Waals surface area (Å²) >= 11 is 0. The molecule has 1 aromatic carbocycles. The molecule has 2 bridgehead atoms. The van der Waals surface area contributed by atoms with Crippen molar-refractivity contribution < 1.29 is 14.3 Å². The molecule has 0 unspecified atom stereocenters. The highest BCUT2D eigenvalue weighted by Gasteiger charge is 2.40. The van der Waals surface area contributed by atoms with Crippen molar-refractivity contribution in [3.8, 4) is 17.4 Å². The summed E-state index contributed by atoms with van der Waals surface area (Å²) in [5.41, 5.74) is 0.652. The average molecular weight is 367 g/mol. The first-order chi connectivity index (χ1) is 13.1. The quantitative estimate of drug-likeness (QED) is 0.880. The SMILES string of the molecule is COc1ccc(Oc2ccc(C(=O)N[C@@H]3C4CCN(CC4)[C@H]3C)cc2)cn1. The number of ether oxygens (including phenoxy) is 2. The van der Waals surface area contributed by atoms with Gasteiger partial charge in [-0.2, -0.15) is 0 Å². The fourth-order valence-corrected chi connectivity index (χ4v) is 4.14. The van der Waals surface area contributed by atoms with Crippen molar-refractivity contribution in [3.63, 3.8) is 0 Å². The number of fused-ring (bicyclic) bond motifs is 3. The number of carbonyl (C=O) groups excluding carboxylic acids is 1. The Morgan fingerprint density at radius 1 is 1.11 bits per heavy atom. The number of pyridine rings is 1. The first-order valence-corrected chi connectivity index (χ1v) is 9.47. The number of nitrogens with one attached hydrogen (secondary N) is 1. The standard InChI is InChI=1S/C21H25N3O3/c1-14-20(15-9-11-24(14)12-10-15)23-21(25)16-3-5-17(6-4-16)27-18-7-8-19(26-2)22-13-18/h3-8,13-15,20H,9-12H2,1-2H3,(H,23,25)/t14-,20-/m0/s1. The van der Waals surface area contributed by atoms with Crippen LogP contribution in [-0.2, 0) is 0 Å². The summed E-state index contributed by atoms with van der Waals surface area (Å²) in [6, 6.07) is 11.4. The second-order valence-electron chi connectivity index (χ2n) is 7.28. The van der Waals surface area contributed by atoms with E-state index in [9.17, 15) is 4.79 Å². The van der Waals surface area contributed by atoms with Crippen LogP contribution in [-0.4, -0.2) is 48.1 Å². The Hall–Kier alpha value is -2.60. The third-order valence-corrected chi connectivity index (χ3v) is 5.75. The fraction of sp³-hybridized carbons (Fsp3) is 0.429. The van der Waals surface area contributed by atoms with Gasteiger partial charge in [0.15, 0.2) is 0 Å². The summed E-state index contributed by atoms with van der Waals surface area (Å²) in [5, 5.41) is 3.25. The molecule has 3 fully saturated rings.